The van der Waals surface area contributed by atoms with E-state index in [4.69, 9.17) is 9.47 Å². The highest BCUT2D eigenvalue weighted by molar-refractivity contribution is 7.15. The van der Waals surface area contributed by atoms with Gasteiger partial charge in [0.15, 0.2) is 10.8 Å². The first kappa shape index (κ1) is 14.3. The summed E-state index contributed by atoms with van der Waals surface area (Å²) in [6.07, 6.45) is 3.71. The number of aromatic nitrogens is 1. The van der Waals surface area contributed by atoms with E-state index in [2.05, 4.69) is 10.3 Å². The summed E-state index contributed by atoms with van der Waals surface area (Å²) >= 11 is 1.48. The fourth-order valence-electron chi connectivity index (χ4n) is 2.03. The van der Waals surface area contributed by atoms with Crippen LogP contribution in [0, 0.1) is 6.92 Å². The van der Waals surface area contributed by atoms with Gasteiger partial charge in [0.25, 0.3) is 0 Å². The Labute approximate surface area is 117 Å². The highest BCUT2D eigenvalue weighted by Crippen LogP contribution is 2.23. The van der Waals surface area contributed by atoms with Crippen molar-refractivity contribution in [2.75, 3.05) is 25.1 Å². The smallest absolute Gasteiger partial charge is 0.358 e. The second-order valence-corrected chi connectivity index (χ2v) is 5.72. The molecule has 1 atom stereocenters. The van der Waals surface area contributed by atoms with Crippen LogP contribution in [0.4, 0.5) is 5.13 Å². The van der Waals surface area contributed by atoms with Gasteiger partial charge < -0.3 is 14.8 Å². The Morgan fingerprint density at radius 3 is 3.11 bits per heavy atom. The predicted molar refractivity (Wildman–Crippen MR) is 74.9 cm³/mol. The standard InChI is InChI=1S/C13H20N2O3S/c1-3-17-12(16)11-9(2)19-13(15-11)14-8-10-6-4-5-7-18-10/h10H,3-8H2,1-2H3,(H,14,15). The number of carbonyl (C=O) groups is 1. The van der Waals surface area contributed by atoms with Gasteiger partial charge in [0.1, 0.15) is 0 Å². The van der Waals surface area contributed by atoms with E-state index in [1.54, 1.807) is 6.92 Å². The Morgan fingerprint density at radius 2 is 2.42 bits per heavy atom. The number of esters is 1. The molecule has 0 spiro atoms. The number of thiazole rings is 1. The van der Waals surface area contributed by atoms with Crippen molar-refractivity contribution in [1.82, 2.24) is 4.98 Å². The summed E-state index contributed by atoms with van der Waals surface area (Å²) in [7, 11) is 0. The fourth-order valence-corrected chi connectivity index (χ4v) is 2.84. The molecule has 1 aromatic rings. The summed E-state index contributed by atoms with van der Waals surface area (Å²) in [4.78, 5) is 16.8. The zero-order chi connectivity index (χ0) is 13.7. The molecule has 6 heteroatoms. The molecule has 1 aliphatic rings. The third kappa shape index (κ3) is 3.91. The lowest BCUT2D eigenvalue weighted by atomic mass is 10.1. The van der Waals surface area contributed by atoms with Gasteiger partial charge in [-0.1, -0.05) is 0 Å². The van der Waals surface area contributed by atoms with Crippen molar-refractivity contribution in [1.29, 1.82) is 0 Å². The van der Waals surface area contributed by atoms with Crippen molar-refractivity contribution < 1.29 is 14.3 Å². The van der Waals surface area contributed by atoms with Gasteiger partial charge in [0.05, 0.1) is 12.7 Å². The Morgan fingerprint density at radius 1 is 1.58 bits per heavy atom. The second-order valence-electron chi connectivity index (χ2n) is 4.51. The van der Waals surface area contributed by atoms with Crippen LogP contribution in [0.1, 0.15) is 41.6 Å². The summed E-state index contributed by atoms with van der Waals surface area (Å²) in [5.74, 6) is -0.349. The van der Waals surface area contributed by atoms with E-state index in [9.17, 15) is 4.79 Å². The summed E-state index contributed by atoms with van der Waals surface area (Å²) in [6, 6.07) is 0. The summed E-state index contributed by atoms with van der Waals surface area (Å²) in [6.45, 7) is 5.63. The molecule has 5 nitrogen and oxygen atoms in total. The Hall–Kier alpha value is -1.14. The molecule has 0 aliphatic carbocycles. The number of aryl methyl sites for hydroxylation is 1. The maximum absolute atomic E-state index is 11.7. The zero-order valence-corrected chi connectivity index (χ0v) is 12.2. The molecule has 2 rings (SSSR count). The first-order chi connectivity index (χ1) is 9.20. The monoisotopic (exact) mass is 284 g/mol. The second kappa shape index (κ2) is 6.86. The summed E-state index contributed by atoms with van der Waals surface area (Å²) in [5, 5.41) is 4.01. The number of anilines is 1. The van der Waals surface area contributed by atoms with E-state index in [0.29, 0.717) is 12.3 Å². The van der Waals surface area contributed by atoms with Crippen LogP contribution >= 0.6 is 11.3 Å². The van der Waals surface area contributed by atoms with Crippen molar-refractivity contribution >= 4 is 22.4 Å². The van der Waals surface area contributed by atoms with E-state index >= 15 is 0 Å². The molecule has 0 aromatic carbocycles. The molecule has 19 heavy (non-hydrogen) atoms. The molecule has 0 saturated carbocycles. The molecule has 106 valence electrons. The molecular formula is C13H20N2O3S. The average Bonchev–Trinajstić information content (AvgIpc) is 2.79. The number of ether oxygens (including phenoxy) is 2. The van der Waals surface area contributed by atoms with Crippen LogP contribution < -0.4 is 5.32 Å². The number of hydrogen-bond acceptors (Lipinski definition) is 6. The third-order valence-electron chi connectivity index (χ3n) is 3.02. The molecule has 1 fully saturated rings. The molecule has 2 heterocycles. The van der Waals surface area contributed by atoms with E-state index in [-0.39, 0.29) is 12.1 Å². The molecule has 1 saturated heterocycles. The van der Waals surface area contributed by atoms with Crippen LogP contribution in [0.25, 0.3) is 0 Å². The normalized spacial score (nSPS) is 19.2. The molecule has 0 amide bonds. The predicted octanol–water partition coefficient (Wildman–Crippen LogP) is 2.61. The number of nitrogens with zero attached hydrogens (tertiary/aromatic N) is 1. The highest BCUT2D eigenvalue weighted by atomic mass is 32.1. The minimum absolute atomic E-state index is 0.254. The van der Waals surface area contributed by atoms with Gasteiger partial charge in [0, 0.05) is 18.0 Å². The SMILES string of the molecule is CCOC(=O)c1nc(NCC2CCCCO2)sc1C. The first-order valence-electron chi connectivity index (χ1n) is 6.70. The maximum Gasteiger partial charge on any atom is 0.358 e. The van der Waals surface area contributed by atoms with Crippen LogP contribution in [-0.2, 0) is 9.47 Å². The molecule has 1 unspecified atom stereocenters. The lowest BCUT2D eigenvalue weighted by Crippen LogP contribution is -2.26. The van der Waals surface area contributed by atoms with Gasteiger partial charge in [0.2, 0.25) is 0 Å². The third-order valence-corrected chi connectivity index (χ3v) is 3.95. The molecule has 1 aliphatic heterocycles. The molecular weight excluding hydrogens is 264 g/mol. The number of hydrogen-bond donors (Lipinski definition) is 1. The average molecular weight is 284 g/mol. The molecule has 1 aromatic heterocycles. The van der Waals surface area contributed by atoms with E-state index in [1.165, 1.54) is 17.8 Å². The van der Waals surface area contributed by atoms with Gasteiger partial charge in [-0.15, -0.1) is 11.3 Å². The van der Waals surface area contributed by atoms with Crippen molar-refractivity contribution in [3.63, 3.8) is 0 Å². The van der Waals surface area contributed by atoms with E-state index in [0.717, 1.165) is 36.0 Å². The lowest BCUT2D eigenvalue weighted by Gasteiger charge is -2.22. The number of nitrogens with one attached hydrogen (secondary N) is 1. The van der Waals surface area contributed by atoms with Gasteiger partial charge >= 0.3 is 5.97 Å². The van der Waals surface area contributed by atoms with Crippen LogP contribution in [-0.4, -0.2) is 36.8 Å². The maximum atomic E-state index is 11.7. The number of rotatable bonds is 5. The summed E-state index contributed by atoms with van der Waals surface area (Å²) in [5.41, 5.74) is 0.416. The Kier molecular flexibility index (Phi) is 5.15. The van der Waals surface area contributed by atoms with Gasteiger partial charge in [-0.25, -0.2) is 9.78 Å². The van der Waals surface area contributed by atoms with Crippen LogP contribution in [0.15, 0.2) is 0 Å². The van der Waals surface area contributed by atoms with Gasteiger partial charge in [-0.2, -0.15) is 0 Å². The minimum atomic E-state index is -0.349. The van der Waals surface area contributed by atoms with Crippen molar-refractivity contribution in [2.24, 2.45) is 0 Å². The lowest BCUT2D eigenvalue weighted by molar-refractivity contribution is 0.0247. The molecule has 1 N–H and O–H groups in total. The fraction of sp³-hybridized carbons (Fsp3) is 0.692. The first-order valence-corrected chi connectivity index (χ1v) is 7.52. The largest absolute Gasteiger partial charge is 0.461 e. The minimum Gasteiger partial charge on any atom is -0.461 e. The quantitative estimate of drug-likeness (QED) is 0.842. The summed E-state index contributed by atoms with van der Waals surface area (Å²) < 4.78 is 10.6. The van der Waals surface area contributed by atoms with E-state index in [1.807, 2.05) is 6.92 Å². The Balaban J connectivity index is 1.90. The number of carbonyl (C=O) groups excluding carboxylic acids is 1. The van der Waals surface area contributed by atoms with E-state index < -0.39 is 0 Å². The molecule has 0 radical (unpaired) electrons. The van der Waals surface area contributed by atoms with Crippen molar-refractivity contribution in [3.8, 4) is 0 Å². The van der Waals surface area contributed by atoms with Crippen molar-refractivity contribution in [2.45, 2.75) is 39.2 Å². The van der Waals surface area contributed by atoms with Gasteiger partial charge in [-0.3, -0.25) is 0 Å². The van der Waals surface area contributed by atoms with Crippen molar-refractivity contribution in [3.05, 3.63) is 10.6 Å². The van der Waals surface area contributed by atoms with Crippen LogP contribution in [0.2, 0.25) is 0 Å². The zero-order valence-electron chi connectivity index (χ0n) is 11.4. The van der Waals surface area contributed by atoms with Crippen LogP contribution in [0.5, 0.6) is 0 Å². The van der Waals surface area contributed by atoms with Gasteiger partial charge in [-0.05, 0) is 33.1 Å². The highest BCUT2D eigenvalue weighted by Gasteiger charge is 2.18. The Bertz CT molecular complexity index is 428. The topological polar surface area (TPSA) is 60.5 Å². The van der Waals surface area contributed by atoms with Crippen LogP contribution in [0.3, 0.4) is 0 Å². The molecule has 0 bridgehead atoms.